The van der Waals surface area contributed by atoms with Gasteiger partial charge in [-0.1, -0.05) is 0 Å². The van der Waals surface area contributed by atoms with Crippen LogP contribution in [0.1, 0.15) is 11.3 Å². The molecular weight excluding hydrogens is 144 g/mol. The Balaban J connectivity index is 2.45. The van der Waals surface area contributed by atoms with Crippen molar-refractivity contribution in [3.63, 3.8) is 0 Å². The molecule has 2 rings (SSSR count). The summed E-state index contributed by atoms with van der Waals surface area (Å²) in [6, 6.07) is 0. The van der Waals surface area contributed by atoms with E-state index in [1.165, 1.54) is 17.0 Å². The van der Waals surface area contributed by atoms with E-state index in [0.717, 1.165) is 12.2 Å². The minimum absolute atomic E-state index is 1.10. The largest absolute Gasteiger partial charge is 0.272 e. The Morgan fingerprint density at radius 1 is 1.70 bits per heavy atom. The molecule has 1 aromatic heterocycles. The van der Waals surface area contributed by atoms with Gasteiger partial charge in [0.15, 0.2) is 0 Å². The lowest BCUT2D eigenvalue weighted by Gasteiger charge is -2.10. The van der Waals surface area contributed by atoms with Crippen LogP contribution in [-0.4, -0.2) is 15.5 Å². The number of hydrogen-bond acceptors (Lipinski definition) is 2. The maximum Gasteiger partial charge on any atom is 0.117 e. The predicted molar refractivity (Wildman–Crippen MR) is 41.9 cm³/mol. The topological polar surface area (TPSA) is 17.8 Å². The summed E-state index contributed by atoms with van der Waals surface area (Å²) in [5.74, 6) is 2.34. The lowest BCUT2D eigenvalue weighted by atomic mass is 10.2. The van der Waals surface area contributed by atoms with Gasteiger partial charge >= 0.3 is 0 Å². The van der Waals surface area contributed by atoms with Crippen LogP contribution in [0, 0.1) is 6.20 Å². The van der Waals surface area contributed by atoms with Crippen LogP contribution in [0.3, 0.4) is 0 Å². The van der Waals surface area contributed by atoms with E-state index < -0.39 is 0 Å². The van der Waals surface area contributed by atoms with Crippen molar-refractivity contribution < 1.29 is 0 Å². The molecule has 2 heterocycles. The standard InChI is InChI=1S/C7H9N2S/c1-9-7-2-3-10-5-6(7)4-8-9/h2-3,5H2,1H3. The molecule has 0 aliphatic carbocycles. The van der Waals surface area contributed by atoms with E-state index in [2.05, 4.69) is 11.3 Å². The van der Waals surface area contributed by atoms with Crippen LogP contribution in [0.2, 0.25) is 0 Å². The summed E-state index contributed by atoms with van der Waals surface area (Å²) in [6.45, 7) is 0. The molecule has 0 spiro atoms. The normalized spacial score (nSPS) is 16.9. The van der Waals surface area contributed by atoms with Gasteiger partial charge in [-0.3, -0.25) is 4.68 Å². The fourth-order valence-electron chi connectivity index (χ4n) is 1.23. The highest BCUT2D eigenvalue weighted by Crippen LogP contribution is 2.22. The third-order valence-electron chi connectivity index (χ3n) is 1.80. The van der Waals surface area contributed by atoms with Gasteiger partial charge in [0.25, 0.3) is 0 Å². The minimum Gasteiger partial charge on any atom is -0.272 e. The monoisotopic (exact) mass is 153 g/mol. The van der Waals surface area contributed by atoms with E-state index in [4.69, 9.17) is 0 Å². The highest BCUT2D eigenvalue weighted by Gasteiger charge is 2.12. The third kappa shape index (κ3) is 0.850. The number of aromatic nitrogens is 2. The van der Waals surface area contributed by atoms with Crippen molar-refractivity contribution in [2.24, 2.45) is 7.05 Å². The van der Waals surface area contributed by atoms with Crippen molar-refractivity contribution in [2.75, 3.05) is 5.75 Å². The van der Waals surface area contributed by atoms with Crippen molar-refractivity contribution in [2.45, 2.75) is 12.2 Å². The number of thioether (sulfide) groups is 1. The van der Waals surface area contributed by atoms with Crippen LogP contribution in [0.4, 0.5) is 0 Å². The number of fused-ring (bicyclic) bond motifs is 1. The molecule has 53 valence electrons. The Labute approximate surface area is 64.6 Å². The number of rotatable bonds is 0. The van der Waals surface area contributed by atoms with Crippen LogP contribution in [0.15, 0.2) is 0 Å². The zero-order valence-corrected chi connectivity index (χ0v) is 6.74. The fourth-order valence-corrected chi connectivity index (χ4v) is 2.14. The van der Waals surface area contributed by atoms with Crippen LogP contribution in [-0.2, 0) is 19.2 Å². The second-order valence-electron chi connectivity index (χ2n) is 2.46. The summed E-state index contributed by atoms with van der Waals surface area (Å²) < 4.78 is 1.94. The van der Waals surface area contributed by atoms with Gasteiger partial charge in [-0.15, -0.1) is 0 Å². The second kappa shape index (κ2) is 2.31. The highest BCUT2D eigenvalue weighted by atomic mass is 32.2. The second-order valence-corrected chi connectivity index (χ2v) is 3.57. The molecular formula is C7H9N2S. The SMILES string of the molecule is Cn1n[c]c2c1CCSC2. The number of hydrogen-bond donors (Lipinski definition) is 0. The van der Waals surface area contributed by atoms with Gasteiger partial charge in [0.2, 0.25) is 0 Å². The molecule has 3 heteroatoms. The third-order valence-corrected chi connectivity index (χ3v) is 2.79. The van der Waals surface area contributed by atoms with E-state index in [1.807, 2.05) is 23.5 Å². The van der Waals surface area contributed by atoms with Gasteiger partial charge in [-0.05, 0) is 12.2 Å². The molecule has 0 fully saturated rings. The first-order valence-corrected chi connectivity index (χ1v) is 4.53. The van der Waals surface area contributed by atoms with Crippen molar-refractivity contribution in [1.29, 1.82) is 0 Å². The molecule has 0 aromatic carbocycles. The zero-order valence-electron chi connectivity index (χ0n) is 5.92. The van der Waals surface area contributed by atoms with E-state index in [1.54, 1.807) is 0 Å². The first-order chi connectivity index (χ1) is 4.88. The van der Waals surface area contributed by atoms with Gasteiger partial charge in [-0.2, -0.15) is 16.9 Å². The lowest BCUT2D eigenvalue weighted by molar-refractivity contribution is 0.714. The average molecular weight is 153 g/mol. The van der Waals surface area contributed by atoms with E-state index >= 15 is 0 Å². The van der Waals surface area contributed by atoms with E-state index in [0.29, 0.717) is 0 Å². The van der Waals surface area contributed by atoms with Crippen LogP contribution in [0.25, 0.3) is 0 Å². The minimum atomic E-state index is 1.10. The zero-order chi connectivity index (χ0) is 6.97. The molecule has 1 aliphatic heterocycles. The summed E-state index contributed by atoms with van der Waals surface area (Å²) in [6.07, 6.45) is 4.18. The van der Waals surface area contributed by atoms with Gasteiger partial charge in [0.05, 0.1) is 0 Å². The summed E-state index contributed by atoms with van der Waals surface area (Å²) in [4.78, 5) is 0. The van der Waals surface area contributed by atoms with Crippen molar-refractivity contribution in [1.82, 2.24) is 9.78 Å². The Bertz CT molecular complexity index is 242. The van der Waals surface area contributed by atoms with Crippen molar-refractivity contribution in [3.8, 4) is 0 Å². The maximum absolute atomic E-state index is 4.08. The molecule has 0 saturated heterocycles. The number of aryl methyl sites for hydroxylation is 1. The lowest BCUT2D eigenvalue weighted by Crippen LogP contribution is -2.05. The maximum atomic E-state index is 4.08. The van der Waals surface area contributed by atoms with E-state index in [-0.39, 0.29) is 0 Å². The summed E-state index contributed by atoms with van der Waals surface area (Å²) in [5.41, 5.74) is 2.68. The molecule has 0 N–H and O–H groups in total. The molecule has 0 amide bonds. The first kappa shape index (κ1) is 6.28. The molecule has 1 radical (unpaired) electrons. The number of nitrogens with zero attached hydrogens (tertiary/aromatic N) is 2. The summed E-state index contributed by atoms with van der Waals surface area (Å²) in [5, 5.41) is 4.08. The van der Waals surface area contributed by atoms with Crippen LogP contribution >= 0.6 is 11.8 Å². The smallest absolute Gasteiger partial charge is 0.117 e. The first-order valence-electron chi connectivity index (χ1n) is 3.38. The average Bonchev–Trinajstić information content (AvgIpc) is 2.34. The Morgan fingerprint density at radius 3 is 3.40 bits per heavy atom. The molecule has 0 atom stereocenters. The molecule has 0 unspecified atom stereocenters. The quantitative estimate of drug-likeness (QED) is 0.553. The molecule has 1 aliphatic rings. The summed E-state index contributed by atoms with van der Waals surface area (Å²) in [7, 11) is 1.99. The van der Waals surface area contributed by atoms with Crippen LogP contribution in [0.5, 0.6) is 0 Å². The molecule has 0 bridgehead atoms. The Kier molecular flexibility index (Phi) is 1.45. The van der Waals surface area contributed by atoms with E-state index in [9.17, 15) is 0 Å². The molecule has 10 heavy (non-hydrogen) atoms. The summed E-state index contributed by atoms with van der Waals surface area (Å²) >= 11 is 1.97. The van der Waals surface area contributed by atoms with Gasteiger partial charge in [0, 0.05) is 24.1 Å². The predicted octanol–water partition coefficient (Wildman–Crippen LogP) is 1.01. The highest BCUT2D eigenvalue weighted by molar-refractivity contribution is 7.98. The molecule has 1 aromatic rings. The van der Waals surface area contributed by atoms with Crippen LogP contribution < -0.4 is 0 Å². The van der Waals surface area contributed by atoms with Gasteiger partial charge in [-0.25, -0.2) is 0 Å². The van der Waals surface area contributed by atoms with Crippen molar-refractivity contribution in [3.05, 3.63) is 17.5 Å². The van der Waals surface area contributed by atoms with Gasteiger partial charge < -0.3 is 0 Å². The Morgan fingerprint density at radius 2 is 2.60 bits per heavy atom. The van der Waals surface area contributed by atoms with Gasteiger partial charge in [0.1, 0.15) is 6.20 Å². The van der Waals surface area contributed by atoms with Crippen molar-refractivity contribution >= 4 is 11.8 Å². The molecule has 0 saturated carbocycles. The Hall–Kier alpha value is -0.440. The molecule has 2 nitrogen and oxygen atoms in total. The fraction of sp³-hybridized carbons (Fsp3) is 0.571.